The summed E-state index contributed by atoms with van der Waals surface area (Å²) in [5.41, 5.74) is -0.455. The van der Waals surface area contributed by atoms with Crippen molar-refractivity contribution in [3.8, 4) is 5.88 Å². The van der Waals surface area contributed by atoms with Crippen LogP contribution in [0.25, 0.3) is 0 Å². The first-order valence-corrected chi connectivity index (χ1v) is 7.99. The minimum Gasteiger partial charge on any atom is -0.478 e. The van der Waals surface area contributed by atoms with Crippen molar-refractivity contribution in [3.63, 3.8) is 0 Å². The molecule has 122 valence electrons. The minimum atomic E-state index is -0.455. The number of ether oxygens (including phenoxy) is 2. The first-order valence-electron chi connectivity index (χ1n) is 7.99. The number of carbonyl (C=O) groups is 1. The number of nitrogens with zero attached hydrogens (tertiary/aromatic N) is 2. The standard InChI is InChI=1S/C17H26N2O3/c1-17(2,3)22-16(20)19-12-7-5-8-14(19)10-13-21-15-9-4-6-11-18-15/h4,6,9,11,14H,5,7-8,10,12-13H2,1-3H3. The summed E-state index contributed by atoms with van der Waals surface area (Å²) in [6.45, 7) is 7.01. The fourth-order valence-electron chi connectivity index (χ4n) is 2.59. The maximum Gasteiger partial charge on any atom is 0.410 e. The summed E-state index contributed by atoms with van der Waals surface area (Å²) in [5, 5.41) is 0. The lowest BCUT2D eigenvalue weighted by molar-refractivity contribution is 0.00738. The van der Waals surface area contributed by atoms with Gasteiger partial charge in [0.05, 0.1) is 6.61 Å². The van der Waals surface area contributed by atoms with Crippen molar-refractivity contribution in [3.05, 3.63) is 24.4 Å². The van der Waals surface area contributed by atoms with Crippen LogP contribution < -0.4 is 4.74 Å². The van der Waals surface area contributed by atoms with Crippen molar-refractivity contribution in [1.82, 2.24) is 9.88 Å². The zero-order valence-electron chi connectivity index (χ0n) is 13.7. The zero-order valence-corrected chi connectivity index (χ0v) is 13.7. The second-order valence-electron chi connectivity index (χ2n) is 6.63. The van der Waals surface area contributed by atoms with Crippen LogP contribution in [0.1, 0.15) is 46.5 Å². The van der Waals surface area contributed by atoms with Gasteiger partial charge in [-0.3, -0.25) is 0 Å². The van der Waals surface area contributed by atoms with E-state index in [1.807, 2.05) is 43.9 Å². The molecule has 1 aliphatic heterocycles. The highest BCUT2D eigenvalue weighted by Gasteiger charge is 2.30. The maximum absolute atomic E-state index is 12.3. The largest absolute Gasteiger partial charge is 0.478 e. The van der Waals surface area contributed by atoms with Gasteiger partial charge in [0.15, 0.2) is 0 Å². The first kappa shape index (κ1) is 16.6. The maximum atomic E-state index is 12.3. The molecule has 0 aliphatic carbocycles. The van der Waals surface area contributed by atoms with Gasteiger partial charge in [0, 0.05) is 31.3 Å². The molecule has 0 bridgehead atoms. The van der Waals surface area contributed by atoms with Gasteiger partial charge >= 0.3 is 6.09 Å². The van der Waals surface area contributed by atoms with E-state index in [-0.39, 0.29) is 12.1 Å². The molecule has 1 atom stereocenters. The number of pyridine rings is 1. The molecule has 22 heavy (non-hydrogen) atoms. The number of hydrogen-bond acceptors (Lipinski definition) is 4. The van der Waals surface area contributed by atoms with Crippen molar-refractivity contribution in [2.75, 3.05) is 13.2 Å². The van der Waals surface area contributed by atoms with Gasteiger partial charge in [-0.05, 0) is 46.1 Å². The fourth-order valence-corrected chi connectivity index (χ4v) is 2.59. The number of carbonyl (C=O) groups excluding carboxylic acids is 1. The zero-order chi connectivity index (χ0) is 16.0. The van der Waals surface area contributed by atoms with Gasteiger partial charge in [0.2, 0.25) is 5.88 Å². The molecular weight excluding hydrogens is 280 g/mol. The van der Waals surface area contributed by atoms with E-state index in [9.17, 15) is 4.79 Å². The van der Waals surface area contributed by atoms with E-state index in [0.717, 1.165) is 32.2 Å². The van der Waals surface area contributed by atoms with Gasteiger partial charge in [0.1, 0.15) is 5.60 Å². The molecule has 2 rings (SSSR count). The van der Waals surface area contributed by atoms with E-state index in [4.69, 9.17) is 9.47 Å². The summed E-state index contributed by atoms with van der Waals surface area (Å²) >= 11 is 0. The Bertz CT molecular complexity index is 471. The third kappa shape index (κ3) is 5.20. The molecule has 0 N–H and O–H groups in total. The van der Waals surface area contributed by atoms with Crippen LogP contribution in [-0.4, -0.2) is 40.8 Å². The topological polar surface area (TPSA) is 51.7 Å². The van der Waals surface area contributed by atoms with Crippen molar-refractivity contribution < 1.29 is 14.3 Å². The minimum absolute atomic E-state index is 0.187. The predicted octanol–water partition coefficient (Wildman–Crippen LogP) is 3.64. The smallest absolute Gasteiger partial charge is 0.410 e. The Kier molecular flexibility index (Phi) is 5.63. The Hall–Kier alpha value is -1.78. The summed E-state index contributed by atoms with van der Waals surface area (Å²) in [7, 11) is 0. The number of hydrogen-bond donors (Lipinski definition) is 0. The van der Waals surface area contributed by atoms with E-state index in [1.54, 1.807) is 6.20 Å². The normalized spacial score (nSPS) is 18.9. The number of aromatic nitrogens is 1. The monoisotopic (exact) mass is 306 g/mol. The van der Waals surface area contributed by atoms with Gasteiger partial charge in [-0.15, -0.1) is 0 Å². The summed E-state index contributed by atoms with van der Waals surface area (Å²) in [5.74, 6) is 0.627. The quantitative estimate of drug-likeness (QED) is 0.852. The molecule has 0 saturated carbocycles. The molecule has 2 heterocycles. The Morgan fingerprint density at radius 1 is 1.36 bits per heavy atom. The molecule has 0 radical (unpaired) electrons. The van der Waals surface area contributed by atoms with E-state index in [2.05, 4.69) is 4.98 Å². The van der Waals surface area contributed by atoms with Crippen LogP contribution in [-0.2, 0) is 4.74 Å². The Balaban J connectivity index is 1.85. The highest BCUT2D eigenvalue weighted by atomic mass is 16.6. The molecule has 5 heteroatoms. The van der Waals surface area contributed by atoms with E-state index in [0.29, 0.717) is 12.5 Å². The molecule has 1 saturated heterocycles. The van der Waals surface area contributed by atoms with Crippen LogP contribution in [0.4, 0.5) is 4.79 Å². The number of amides is 1. The molecule has 0 aromatic carbocycles. The van der Waals surface area contributed by atoms with Crippen LogP contribution in [0, 0.1) is 0 Å². The molecule has 0 spiro atoms. The van der Waals surface area contributed by atoms with E-state index in [1.165, 1.54) is 0 Å². The lowest BCUT2D eigenvalue weighted by Crippen LogP contribution is -2.46. The average Bonchev–Trinajstić information content (AvgIpc) is 2.47. The Morgan fingerprint density at radius 3 is 2.86 bits per heavy atom. The second-order valence-corrected chi connectivity index (χ2v) is 6.63. The molecule has 1 aliphatic rings. The van der Waals surface area contributed by atoms with Gasteiger partial charge in [0.25, 0.3) is 0 Å². The lowest BCUT2D eigenvalue weighted by atomic mass is 10.0. The third-order valence-electron chi connectivity index (χ3n) is 3.59. The van der Waals surface area contributed by atoms with E-state index >= 15 is 0 Å². The van der Waals surface area contributed by atoms with Crippen molar-refractivity contribution in [2.24, 2.45) is 0 Å². The Labute approximate surface area is 132 Å². The summed E-state index contributed by atoms with van der Waals surface area (Å²) < 4.78 is 11.2. The highest BCUT2D eigenvalue weighted by molar-refractivity contribution is 5.68. The predicted molar refractivity (Wildman–Crippen MR) is 84.9 cm³/mol. The van der Waals surface area contributed by atoms with Crippen molar-refractivity contribution >= 4 is 6.09 Å². The van der Waals surface area contributed by atoms with Crippen molar-refractivity contribution in [2.45, 2.75) is 58.1 Å². The molecule has 1 fully saturated rings. The second kappa shape index (κ2) is 7.47. The number of likely N-dealkylation sites (tertiary alicyclic amines) is 1. The summed E-state index contributed by atoms with van der Waals surface area (Å²) in [6, 6.07) is 5.79. The van der Waals surface area contributed by atoms with Crippen LogP contribution in [0.15, 0.2) is 24.4 Å². The lowest BCUT2D eigenvalue weighted by Gasteiger charge is -2.36. The van der Waals surface area contributed by atoms with Crippen molar-refractivity contribution in [1.29, 1.82) is 0 Å². The summed E-state index contributed by atoms with van der Waals surface area (Å²) in [4.78, 5) is 18.3. The van der Waals surface area contributed by atoms with Crippen LogP contribution in [0.5, 0.6) is 5.88 Å². The summed E-state index contributed by atoms with van der Waals surface area (Å²) in [6.07, 6.45) is 5.49. The van der Waals surface area contributed by atoms with Crippen LogP contribution in [0.2, 0.25) is 0 Å². The van der Waals surface area contributed by atoms with Gasteiger partial charge in [-0.2, -0.15) is 0 Å². The average molecular weight is 306 g/mol. The highest BCUT2D eigenvalue weighted by Crippen LogP contribution is 2.22. The number of rotatable bonds is 4. The molecule has 5 nitrogen and oxygen atoms in total. The SMILES string of the molecule is CC(C)(C)OC(=O)N1CCCCC1CCOc1ccccn1. The first-order chi connectivity index (χ1) is 10.5. The molecule has 1 amide bonds. The van der Waals surface area contributed by atoms with Crippen LogP contribution in [0.3, 0.4) is 0 Å². The third-order valence-corrected chi connectivity index (χ3v) is 3.59. The molecule has 1 aromatic rings. The molecular formula is C17H26N2O3. The van der Waals surface area contributed by atoms with Gasteiger partial charge in [-0.1, -0.05) is 6.07 Å². The van der Waals surface area contributed by atoms with Gasteiger partial charge < -0.3 is 14.4 Å². The molecule has 1 unspecified atom stereocenters. The fraction of sp³-hybridized carbons (Fsp3) is 0.647. The Morgan fingerprint density at radius 2 is 2.18 bits per heavy atom. The molecule has 1 aromatic heterocycles. The van der Waals surface area contributed by atoms with Gasteiger partial charge in [-0.25, -0.2) is 9.78 Å². The van der Waals surface area contributed by atoms with E-state index < -0.39 is 5.60 Å². The van der Waals surface area contributed by atoms with Crippen LogP contribution >= 0.6 is 0 Å². The number of piperidine rings is 1.